The van der Waals surface area contributed by atoms with Gasteiger partial charge in [-0.2, -0.15) is 0 Å². The molecule has 1 rings (SSSR count). The van der Waals surface area contributed by atoms with Crippen molar-refractivity contribution in [2.75, 3.05) is 11.1 Å². The van der Waals surface area contributed by atoms with E-state index in [2.05, 4.69) is 37.2 Å². The van der Waals surface area contributed by atoms with Gasteiger partial charge in [0.15, 0.2) is 0 Å². The lowest BCUT2D eigenvalue weighted by atomic mass is 10.0. The molecule has 19 heavy (non-hydrogen) atoms. The van der Waals surface area contributed by atoms with Gasteiger partial charge in [-0.25, -0.2) is 0 Å². The molecular formula is C14H20Br2N2O. The second-order valence-corrected chi connectivity index (χ2v) is 6.61. The van der Waals surface area contributed by atoms with E-state index in [1.165, 1.54) is 0 Å². The van der Waals surface area contributed by atoms with Gasteiger partial charge >= 0.3 is 0 Å². The van der Waals surface area contributed by atoms with E-state index < -0.39 is 0 Å². The Kier molecular flexibility index (Phi) is 5.86. The minimum atomic E-state index is 0.0383. The smallest absolute Gasteiger partial charge is 0.224 e. The molecule has 0 spiro atoms. The van der Waals surface area contributed by atoms with Crippen molar-refractivity contribution in [2.45, 2.75) is 40.5 Å². The number of rotatable bonds is 4. The van der Waals surface area contributed by atoms with E-state index in [4.69, 9.17) is 5.73 Å². The van der Waals surface area contributed by atoms with E-state index in [0.29, 0.717) is 18.0 Å². The number of nitrogens with two attached hydrogens (primary N) is 1. The number of anilines is 2. The number of carbonyl (C=O) groups is 1. The molecule has 5 heteroatoms. The topological polar surface area (TPSA) is 55.1 Å². The fraction of sp³-hybridized carbons (Fsp3) is 0.500. The van der Waals surface area contributed by atoms with E-state index >= 15 is 0 Å². The number of hydrogen-bond acceptors (Lipinski definition) is 2. The Hall–Kier alpha value is -0.550. The molecule has 0 bridgehead atoms. The van der Waals surface area contributed by atoms with Crippen molar-refractivity contribution in [2.24, 2.45) is 5.92 Å². The average molecular weight is 392 g/mol. The monoisotopic (exact) mass is 390 g/mol. The zero-order valence-electron chi connectivity index (χ0n) is 11.7. The van der Waals surface area contributed by atoms with Crippen molar-refractivity contribution in [1.29, 1.82) is 0 Å². The Bertz CT molecular complexity index is 499. The molecule has 0 saturated heterocycles. The summed E-state index contributed by atoms with van der Waals surface area (Å²) in [5.41, 5.74) is 9.58. The summed E-state index contributed by atoms with van der Waals surface area (Å²) < 4.78 is 1.68. The maximum Gasteiger partial charge on any atom is 0.224 e. The maximum absolute atomic E-state index is 12.0. The Balaban J connectivity index is 3.23. The van der Waals surface area contributed by atoms with Crippen molar-refractivity contribution >= 4 is 49.1 Å². The molecule has 3 nitrogen and oxygen atoms in total. The van der Waals surface area contributed by atoms with Crippen LogP contribution in [0, 0.1) is 12.8 Å². The minimum Gasteiger partial charge on any atom is -0.397 e. The number of carbonyl (C=O) groups excluding carboxylic acids is 1. The highest BCUT2D eigenvalue weighted by atomic mass is 79.9. The molecule has 0 saturated carbocycles. The van der Waals surface area contributed by atoms with Gasteiger partial charge in [0.05, 0.1) is 5.69 Å². The molecule has 0 atom stereocenters. The highest BCUT2D eigenvalue weighted by Crippen LogP contribution is 2.40. The normalized spacial score (nSPS) is 10.9. The fourth-order valence-corrected chi connectivity index (χ4v) is 3.31. The van der Waals surface area contributed by atoms with Gasteiger partial charge in [0, 0.05) is 21.1 Å². The Morgan fingerprint density at radius 3 is 2.37 bits per heavy atom. The van der Waals surface area contributed by atoms with Gasteiger partial charge in [-0.3, -0.25) is 4.79 Å². The van der Waals surface area contributed by atoms with Gasteiger partial charge in [-0.1, -0.05) is 20.8 Å². The van der Waals surface area contributed by atoms with E-state index in [9.17, 15) is 4.79 Å². The fourth-order valence-electron chi connectivity index (χ4n) is 1.97. The van der Waals surface area contributed by atoms with E-state index in [1.54, 1.807) is 0 Å². The van der Waals surface area contributed by atoms with Crippen LogP contribution in [0.15, 0.2) is 8.95 Å². The Labute approximate surface area is 131 Å². The quantitative estimate of drug-likeness (QED) is 0.734. The van der Waals surface area contributed by atoms with Crippen LogP contribution < -0.4 is 11.1 Å². The van der Waals surface area contributed by atoms with E-state index in [1.807, 2.05) is 27.7 Å². The van der Waals surface area contributed by atoms with Crippen molar-refractivity contribution in [3.8, 4) is 0 Å². The lowest BCUT2D eigenvalue weighted by Crippen LogP contribution is -2.17. The largest absolute Gasteiger partial charge is 0.397 e. The van der Waals surface area contributed by atoms with Crippen LogP contribution in [0.1, 0.15) is 38.3 Å². The first kappa shape index (κ1) is 16.5. The minimum absolute atomic E-state index is 0.0383. The summed E-state index contributed by atoms with van der Waals surface area (Å²) in [6, 6.07) is 0. The molecule has 0 unspecified atom stereocenters. The lowest BCUT2D eigenvalue weighted by Gasteiger charge is -2.19. The third-order valence-corrected chi connectivity index (χ3v) is 4.88. The molecule has 0 fully saturated rings. The second kappa shape index (κ2) is 6.75. The summed E-state index contributed by atoms with van der Waals surface area (Å²) in [6.45, 7) is 8.06. The number of nitrogen functional groups attached to an aromatic ring is 1. The van der Waals surface area contributed by atoms with Crippen LogP contribution in [-0.4, -0.2) is 5.91 Å². The van der Waals surface area contributed by atoms with Crippen molar-refractivity contribution in [1.82, 2.24) is 0 Å². The predicted octanol–water partition coefficient (Wildman–Crippen LogP) is 4.65. The summed E-state index contributed by atoms with van der Waals surface area (Å²) in [7, 11) is 0. The summed E-state index contributed by atoms with van der Waals surface area (Å²) in [6.07, 6.45) is 1.32. The third-order valence-electron chi connectivity index (χ3n) is 2.96. The van der Waals surface area contributed by atoms with Crippen LogP contribution >= 0.6 is 31.9 Å². The molecule has 1 aromatic carbocycles. The van der Waals surface area contributed by atoms with Gasteiger partial charge in [-0.05, 0) is 62.2 Å². The van der Waals surface area contributed by atoms with Gasteiger partial charge in [0.25, 0.3) is 0 Å². The van der Waals surface area contributed by atoms with Gasteiger partial charge in [-0.15, -0.1) is 0 Å². The number of benzene rings is 1. The summed E-state index contributed by atoms with van der Waals surface area (Å²) in [5.74, 6) is 0.377. The molecule has 1 amide bonds. The number of nitrogens with one attached hydrogen (secondary N) is 1. The van der Waals surface area contributed by atoms with Gasteiger partial charge < -0.3 is 11.1 Å². The molecule has 0 aliphatic heterocycles. The molecule has 0 aromatic heterocycles. The van der Waals surface area contributed by atoms with E-state index in [0.717, 1.165) is 32.2 Å². The Morgan fingerprint density at radius 2 is 1.89 bits per heavy atom. The van der Waals surface area contributed by atoms with E-state index in [-0.39, 0.29) is 5.91 Å². The second-order valence-electron chi connectivity index (χ2n) is 5.02. The molecule has 3 N–H and O–H groups in total. The third kappa shape index (κ3) is 3.72. The van der Waals surface area contributed by atoms with Crippen LogP contribution in [0.3, 0.4) is 0 Å². The number of halogens is 2. The molecule has 0 aliphatic carbocycles. The Morgan fingerprint density at radius 1 is 1.32 bits per heavy atom. The van der Waals surface area contributed by atoms with Gasteiger partial charge in [0.2, 0.25) is 5.91 Å². The zero-order valence-corrected chi connectivity index (χ0v) is 14.9. The average Bonchev–Trinajstić information content (AvgIpc) is 2.33. The first-order chi connectivity index (χ1) is 8.79. The highest BCUT2D eigenvalue weighted by molar-refractivity contribution is 9.11. The zero-order chi connectivity index (χ0) is 14.7. The van der Waals surface area contributed by atoms with Crippen LogP contribution in [0.5, 0.6) is 0 Å². The van der Waals surface area contributed by atoms with Crippen molar-refractivity contribution in [3.05, 3.63) is 20.1 Å². The molecule has 0 radical (unpaired) electrons. The maximum atomic E-state index is 12.0. The summed E-state index contributed by atoms with van der Waals surface area (Å²) >= 11 is 6.99. The molecule has 0 aliphatic rings. The lowest BCUT2D eigenvalue weighted by molar-refractivity contribution is -0.116. The highest BCUT2D eigenvalue weighted by Gasteiger charge is 2.18. The first-order valence-electron chi connectivity index (χ1n) is 6.35. The standard InChI is InChI=1S/C14H20Br2N2O/c1-5-9-12(16)13(17)11(15)8(4)14(9)18-10(19)6-7(2)3/h7H,5-6,17H2,1-4H3,(H,18,19). The SMILES string of the molecule is CCc1c(Br)c(N)c(Br)c(C)c1NC(=O)CC(C)C. The van der Waals surface area contributed by atoms with Crippen LogP contribution in [0.4, 0.5) is 11.4 Å². The summed E-state index contributed by atoms with van der Waals surface area (Å²) in [4.78, 5) is 12.0. The number of amides is 1. The van der Waals surface area contributed by atoms with Crippen molar-refractivity contribution < 1.29 is 4.79 Å². The van der Waals surface area contributed by atoms with Crippen LogP contribution in [0.25, 0.3) is 0 Å². The summed E-state index contributed by atoms with van der Waals surface area (Å²) in [5, 5.41) is 3.02. The van der Waals surface area contributed by atoms with Gasteiger partial charge in [0.1, 0.15) is 0 Å². The molecule has 0 heterocycles. The molecule has 106 valence electrons. The molecule has 1 aromatic rings. The molecular weight excluding hydrogens is 372 g/mol. The predicted molar refractivity (Wildman–Crippen MR) is 88.5 cm³/mol. The van der Waals surface area contributed by atoms with Crippen molar-refractivity contribution in [3.63, 3.8) is 0 Å². The van der Waals surface area contributed by atoms with Crippen LogP contribution in [0.2, 0.25) is 0 Å². The number of hydrogen-bond donors (Lipinski definition) is 2. The first-order valence-corrected chi connectivity index (χ1v) is 7.93. The van der Waals surface area contributed by atoms with Crippen LogP contribution in [-0.2, 0) is 11.2 Å².